The summed E-state index contributed by atoms with van der Waals surface area (Å²) in [7, 11) is 3.33. The number of nitrogens with zero attached hydrogens (tertiary/aromatic N) is 1. The minimum absolute atomic E-state index is 0.184. The molecule has 0 saturated carbocycles. The lowest BCUT2D eigenvalue weighted by molar-refractivity contribution is 0.258. The maximum atomic E-state index is 12.1. The fourth-order valence-electron chi connectivity index (χ4n) is 1.65. The van der Waals surface area contributed by atoms with E-state index in [1.165, 1.54) is 0 Å². The van der Waals surface area contributed by atoms with Gasteiger partial charge in [-0.2, -0.15) is 0 Å². The van der Waals surface area contributed by atoms with Gasteiger partial charge in [0.25, 0.3) is 0 Å². The molecule has 0 aliphatic rings. The van der Waals surface area contributed by atoms with Crippen LogP contribution in [0.1, 0.15) is 0 Å². The van der Waals surface area contributed by atoms with Crippen LogP contribution < -0.4 is 15.0 Å². The highest BCUT2D eigenvalue weighted by atomic mass is 16.5. The number of ether oxygens (including phenoxy) is 1. The third kappa shape index (κ3) is 3.25. The summed E-state index contributed by atoms with van der Waals surface area (Å²) in [6.45, 7) is 0. The zero-order valence-corrected chi connectivity index (χ0v) is 11.0. The lowest BCUT2D eigenvalue weighted by atomic mass is 10.3. The highest BCUT2D eigenvalue weighted by Crippen LogP contribution is 2.19. The predicted octanol–water partition coefficient (Wildman–Crippen LogP) is 3.36. The van der Waals surface area contributed by atoms with E-state index in [4.69, 9.17) is 4.74 Å². The van der Waals surface area contributed by atoms with Crippen LogP contribution in [0.5, 0.6) is 5.75 Å². The van der Waals surface area contributed by atoms with E-state index < -0.39 is 0 Å². The standard InChI is InChI=1S/C15H16N2O2/c1-17(13-8-10-14(19-2)11-9-13)15(18)16-12-6-4-3-5-7-12/h3-11H,1-2H3,(H,16,18). The van der Waals surface area contributed by atoms with E-state index in [0.717, 1.165) is 17.1 Å². The van der Waals surface area contributed by atoms with Gasteiger partial charge >= 0.3 is 6.03 Å². The number of benzene rings is 2. The Kier molecular flexibility index (Phi) is 4.03. The fraction of sp³-hybridized carbons (Fsp3) is 0.133. The van der Waals surface area contributed by atoms with Crippen LogP contribution >= 0.6 is 0 Å². The highest BCUT2D eigenvalue weighted by Gasteiger charge is 2.10. The summed E-state index contributed by atoms with van der Waals surface area (Å²) in [6, 6.07) is 16.5. The van der Waals surface area contributed by atoms with Gasteiger partial charge in [0.15, 0.2) is 0 Å². The largest absolute Gasteiger partial charge is 0.497 e. The molecule has 98 valence electrons. The van der Waals surface area contributed by atoms with Crippen molar-refractivity contribution in [1.29, 1.82) is 0 Å². The van der Waals surface area contributed by atoms with Gasteiger partial charge in [0.1, 0.15) is 5.75 Å². The first-order valence-corrected chi connectivity index (χ1v) is 5.94. The molecule has 0 aliphatic heterocycles. The molecule has 0 unspecified atom stereocenters. The number of nitrogens with one attached hydrogen (secondary N) is 1. The molecular formula is C15H16N2O2. The lowest BCUT2D eigenvalue weighted by Crippen LogP contribution is -2.31. The third-order valence-corrected chi connectivity index (χ3v) is 2.79. The minimum atomic E-state index is -0.184. The first kappa shape index (κ1) is 13.0. The molecule has 2 rings (SSSR count). The van der Waals surface area contributed by atoms with E-state index in [2.05, 4.69) is 5.32 Å². The van der Waals surface area contributed by atoms with E-state index >= 15 is 0 Å². The molecule has 0 atom stereocenters. The van der Waals surface area contributed by atoms with Gasteiger partial charge in [-0.3, -0.25) is 4.90 Å². The molecule has 0 heterocycles. The summed E-state index contributed by atoms with van der Waals surface area (Å²) >= 11 is 0. The second kappa shape index (κ2) is 5.91. The van der Waals surface area contributed by atoms with Crippen LogP contribution in [0, 0.1) is 0 Å². The first-order valence-electron chi connectivity index (χ1n) is 5.94. The van der Waals surface area contributed by atoms with E-state index in [-0.39, 0.29) is 6.03 Å². The number of rotatable bonds is 3. The van der Waals surface area contributed by atoms with Crippen LogP contribution in [-0.4, -0.2) is 20.2 Å². The average Bonchev–Trinajstić information content (AvgIpc) is 2.47. The summed E-state index contributed by atoms with van der Waals surface area (Å²) in [5, 5.41) is 2.82. The Bertz CT molecular complexity index is 538. The van der Waals surface area contributed by atoms with Crippen molar-refractivity contribution in [1.82, 2.24) is 0 Å². The monoisotopic (exact) mass is 256 g/mol. The van der Waals surface area contributed by atoms with E-state index in [0.29, 0.717) is 0 Å². The van der Waals surface area contributed by atoms with Crippen molar-refractivity contribution in [3.63, 3.8) is 0 Å². The van der Waals surface area contributed by atoms with Crippen LogP contribution in [-0.2, 0) is 0 Å². The fourth-order valence-corrected chi connectivity index (χ4v) is 1.65. The average molecular weight is 256 g/mol. The number of carbonyl (C=O) groups excluding carboxylic acids is 1. The van der Waals surface area contributed by atoms with Crippen molar-refractivity contribution in [2.24, 2.45) is 0 Å². The summed E-state index contributed by atoms with van der Waals surface area (Å²) in [5.74, 6) is 0.764. The molecule has 0 spiro atoms. The summed E-state index contributed by atoms with van der Waals surface area (Å²) in [4.78, 5) is 13.6. The topological polar surface area (TPSA) is 41.6 Å². The second-order valence-electron chi connectivity index (χ2n) is 4.05. The first-order chi connectivity index (χ1) is 9.20. The van der Waals surface area contributed by atoms with E-state index in [1.807, 2.05) is 54.6 Å². The van der Waals surface area contributed by atoms with Gasteiger partial charge in [-0.1, -0.05) is 18.2 Å². The molecule has 0 aliphatic carbocycles. The molecule has 0 saturated heterocycles. The van der Waals surface area contributed by atoms with Crippen molar-refractivity contribution >= 4 is 17.4 Å². The molecule has 19 heavy (non-hydrogen) atoms. The minimum Gasteiger partial charge on any atom is -0.497 e. The van der Waals surface area contributed by atoms with Crippen LogP contribution in [0.15, 0.2) is 54.6 Å². The number of hydrogen-bond acceptors (Lipinski definition) is 2. The lowest BCUT2D eigenvalue weighted by Gasteiger charge is -2.18. The van der Waals surface area contributed by atoms with Gasteiger partial charge in [-0.25, -0.2) is 4.79 Å². The molecule has 1 N–H and O–H groups in total. The van der Waals surface area contributed by atoms with Gasteiger partial charge in [0.05, 0.1) is 7.11 Å². The molecule has 2 aromatic carbocycles. The molecule has 0 aromatic heterocycles. The molecule has 4 nitrogen and oxygen atoms in total. The Morgan fingerprint density at radius 3 is 2.26 bits per heavy atom. The zero-order chi connectivity index (χ0) is 13.7. The molecule has 0 radical (unpaired) electrons. The Morgan fingerprint density at radius 2 is 1.68 bits per heavy atom. The van der Waals surface area contributed by atoms with Crippen molar-refractivity contribution in [2.75, 3.05) is 24.4 Å². The van der Waals surface area contributed by atoms with Gasteiger partial charge in [-0.05, 0) is 36.4 Å². The normalized spacial score (nSPS) is 9.79. The van der Waals surface area contributed by atoms with Gasteiger partial charge in [0, 0.05) is 18.4 Å². The second-order valence-corrected chi connectivity index (χ2v) is 4.05. The third-order valence-electron chi connectivity index (χ3n) is 2.79. The summed E-state index contributed by atoms with van der Waals surface area (Å²) in [5.41, 5.74) is 1.57. The molecule has 0 fully saturated rings. The number of urea groups is 1. The van der Waals surface area contributed by atoms with Crippen molar-refractivity contribution in [3.05, 3.63) is 54.6 Å². The smallest absolute Gasteiger partial charge is 0.326 e. The summed E-state index contributed by atoms with van der Waals surface area (Å²) < 4.78 is 5.09. The van der Waals surface area contributed by atoms with Crippen molar-refractivity contribution in [2.45, 2.75) is 0 Å². The number of amides is 2. The zero-order valence-electron chi connectivity index (χ0n) is 11.0. The predicted molar refractivity (Wildman–Crippen MR) is 76.9 cm³/mol. The van der Waals surface area contributed by atoms with E-state index in [9.17, 15) is 4.79 Å². The number of anilines is 2. The Labute approximate surface area is 112 Å². The van der Waals surface area contributed by atoms with Gasteiger partial charge in [-0.15, -0.1) is 0 Å². The van der Waals surface area contributed by atoms with E-state index in [1.54, 1.807) is 19.1 Å². The Balaban J connectivity index is 2.06. The van der Waals surface area contributed by atoms with Crippen LogP contribution in [0.2, 0.25) is 0 Å². The van der Waals surface area contributed by atoms with Gasteiger partial charge in [0.2, 0.25) is 0 Å². The van der Waals surface area contributed by atoms with Crippen LogP contribution in [0.4, 0.5) is 16.2 Å². The Morgan fingerprint density at radius 1 is 1.05 bits per heavy atom. The van der Waals surface area contributed by atoms with Crippen LogP contribution in [0.3, 0.4) is 0 Å². The van der Waals surface area contributed by atoms with Gasteiger partial charge < -0.3 is 10.1 Å². The number of para-hydroxylation sites is 1. The molecule has 0 bridgehead atoms. The molecule has 2 aromatic rings. The Hall–Kier alpha value is -2.49. The quantitative estimate of drug-likeness (QED) is 0.914. The van der Waals surface area contributed by atoms with Crippen molar-refractivity contribution < 1.29 is 9.53 Å². The molecule has 4 heteroatoms. The highest BCUT2D eigenvalue weighted by molar-refractivity contribution is 6.01. The number of carbonyl (C=O) groups is 1. The number of methoxy groups -OCH3 is 1. The number of hydrogen-bond donors (Lipinski definition) is 1. The maximum absolute atomic E-state index is 12.1. The maximum Gasteiger partial charge on any atom is 0.326 e. The molecular weight excluding hydrogens is 240 g/mol. The SMILES string of the molecule is COc1ccc(N(C)C(=O)Nc2ccccc2)cc1. The van der Waals surface area contributed by atoms with Crippen molar-refractivity contribution in [3.8, 4) is 5.75 Å². The molecule has 2 amide bonds. The summed E-state index contributed by atoms with van der Waals surface area (Å²) in [6.07, 6.45) is 0. The van der Waals surface area contributed by atoms with Crippen LogP contribution in [0.25, 0.3) is 0 Å².